The van der Waals surface area contributed by atoms with E-state index in [0.29, 0.717) is 26.0 Å². The van der Waals surface area contributed by atoms with Gasteiger partial charge in [0.25, 0.3) is 0 Å². The van der Waals surface area contributed by atoms with Crippen LogP contribution in [0.4, 0.5) is 0 Å². The molecular weight excluding hydrogens is 262 g/mol. The molecule has 3 nitrogen and oxygen atoms in total. The number of carbonyl (C=O) groups is 1. The van der Waals surface area contributed by atoms with Gasteiger partial charge in [-0.05, 0) is 37.6 Å². The van der Waals surface area contributed by atoms with E-state index in [-0.39, 0.29) is 11.9 Å². The minimum atomic E-state index is -0.164. The molecule has 0 saturated heterocycles. The van der Waals surface area contributed by atoms with Gasteiger partial charge in [0.15, 0.2) is 0 Å². The van der Waals surface area contributed by atoms with Crippen molar-refractivity contribution >= 4 is 17.6 Å². The average molecular weight is 282 g/mol. The summed E-state index contributed by atoms with van der Waals surface area (Å²) in [7, 11) is 0. The number of carbonyl (C=O) groups excluding carboxylic acids is 1. The predicted octanol–water partition coefficient (Wildman–Crippen LogP) is 3.03. The van der Waals surface area contributed by atoms with Crippen LogP contribution < -0.4 is 5.73 Å². The van der Waals surface area contributed by atoms with Crippen molar-refractivity contribution in [3.8, 4) is 0 Å². The second-order valence-electron chi connectivity index (χ2n) is 4.25. The zero-order valence-electron chi connectivity index (χ0n) is 11.2. The fraction of sp³-hybridized carbons (Fsp3) is 0.400. The van der Waals surface area contributed by atoms with Gasteiger partial charge >= 0.3 is 5.97 Å². The number of nitrogens with two attached hydrogens (primary N) is 1. The Morgan fingerprint density at radius 1 is 1.58 bits per heavy atom. The number of ether oxygens (including phenoxy) is 1. The Kier molecular flexibility index (Phi) is 6.60. The molecule has 0 aliphatic heterocycles. The van der Waals surface area contributed by atoms with E-state index >= 15 is 0 Å². The molecule has 0 bridgehead atoms. The third-order valence-electron chi connectivity index (χ3n) is 2.87. The molecule has 0 saturated carbocycles. The van der Waals surface area contributed by atoms with Crippen molar-refractivity contribution in [2.75, 3.05) is 13.2 Å². The number of halogens is 1. The molecular formula is C15H20ClNO2. The van der Waals surface area contributed by atoms with Crippen molar-refractivity contribution in [3.05, 3.63) is 46.3 Å². The van der Waals surface area contributed by atoms with Crippen LogP contribution in [0.15, 0.2) is 30.9 Å². The summed E-state index contributed by atoms with van der Waals surface area (Å²) in [5.41, 5.74) is 5.35. The molecule has 0 fully saturated rings. The fourth-order valence-electron chi connectivity index (χ4n) is 1.74. The first-order valence-corrected chi connectivity index (χ1v) is 6.79. The summed E-state index contributed by atoms with van der Waals surface area (Å²) in [6, 6.07) is 6.05. The quantitative estimate of drug-likeness (QED) is 0.654. The van der Waals surface area contributed by atoms with Gasteiger partial charge in [-0.15, -0.1) is 6.58 Å². The highest BCUT2D eigenvalue weighted by atomic mass is 35.5. The highest BCUT2D eigenvalue weighted by molar-refractivity contribution is 6.31. The second-order valence-corrected chi connectivity index (χ2v) is 4.65. The summed E-state index contributed by atoms with van der Waals surface area (Å²) in [4.78, 5) is 11.2. The standard InChI is InChI=1S/C9H17NO2.C6H3Cl/c1-3-5-8(6-7-10)9(11)12-4-2;7-6-3-4-1-2-5(4)6/h3,8H,1,4-7,10H2,2H3;1-3H. The lowest BCUT2D eigenvalue weighted by Crippen LogP contribution is -2.20. The number of benzene rings is 1. The number of allylic oxidation sites excluding steroid dienone is 1. The molecule has 0 aromatic carbocycles. The lowest BCUT2D eigenvalue weighted by Gasteiger charge is -2.11. The van der Waals surface area contributed by atoms with Crippen LogP contribution >= 0.6 is 11.6 Å². The molecule has 0 spiro atoms. The first-order valence-electron chi connectivity index (χ1n) is 6.41. The van der Waals surface area contributed by atoms with Gasteiger partial charge in [0.2, 0.25) is 0 Å². The van der Waals surface area contributed by atoms with E-state index in [1.54, 1.807) is 13.0 Å². The molecule has 0 radical (unpaired) electrons. The maximum atomic E-state index is 11.2. The van der Waals surface area contributed by atoms with Crippen LogP contribution in [-0.4, -0.2) is 19.1 Å². The number of esters is 1. The molecule has 0 amide bonds. The molecule has 104 valence electrons. The fourth-order valence-corrected chi connectivity index (χ4v) is 2.03. The Morgan fingerprint density at radius 3 is 2.58 bits per heavy atom. The smallest absolute Gasteiger partial charge is 0.309 e. The maximum Gasteiger partial charge on any atom is 0.309 e. The summed E-state index contributed by atoms with van der Waals surface area (Å²) in [5, 5.41) is 3.46. The van der Waals surface area contributed by atoms with Gasteiger partial charge in [0.05, 0.1) is 12.5 Å². The van der Waals surface area contributed by atoms with Gasteiger partial charge in [0.1, 0.15) is 0 Å². The monoisotopic (exact) mass is 281 g/mol. The molecule has 1 atom stereocenters. The normalized spacial score (nSPS) is 11.9. The minimum absolute atomic E-state index is 0.104. The maximum absolute atomic E-state index is 11.2. The van der Waals surface area contributed by atoms with Crippen LogP contribution in [0.2, 0.25) is 5.02 Å². The molecule has 2 N–H and O–H groups in total. The van der Waals surface area contributed by atoms with Crippen LogP contribution in [0.1, 0.15) is 19.8 Å². The molecule has 2 rings (SSSR count). The summed E-state index contributed by atoms with van der Waals surface area (Å²) < 4.78 is 4.87. The molecule has 2 aliphatic carbocycles. The van der Waals surface area contributed by atoms with Gasteiger partial charge < -0.3 is 10.5 Å². The zero-order valence-corrected chi connectivity index (χ0v) is 12.0. The summed E-state index contributed by atoms with van der Waals surface area (Å²) in [6.07, 6.45) is 3.04. The van der Waals surface area contributed by atoms with Gasteiger partial charge in [-0.1, -0.05) is 29.8 Å². The Morgan fingerprint density at radius 2 is 2.32 bits per heavy atom. The first kappa shape index (κ1) is 15.7. The van der Waals surface area contributed by atoms with Crippen LogP contribution in [0.5, 0.6) is 0 Å². The first-order chi connectivity index (χ1) is 9.13. The van der Waals surface area contributed by atoms with E-state index in [1.165, 1.54) is 10.4 Å². The van der Waals surface area contributed by atoms with E-state index in [4.69, 9.17) is 22.1 Å². The summed E-state index contributed by atoms with van der Waals surface area (Å²) >= 11 is 5.60. The third kappa shape index (κ3) is 4.37. The van der Waals surface area contributed by atoms with E-state index in [0.717, 1.165) is 5.02 Å². The molecule has 0 aromatic rings. The van der Waals surface area contributed by atoms with Crippen LogP contribution in [-0.2, 0) is 9.53 Å². The molecule has 4 heteroatoms. The third-order valence-corrected chi connectivity index (χ3v) is 3.18. The number of hydrogen-bond acceptors (Lipinski definition) is 3. The Bertz CT molecular complexity index is 527. The highest BCUT2D eigenvalue weighted by Crippen LogP contribution is 2.20. The van der Waals surface area contributed by atoms with E-state index < -0.39 is 0 Å². The predicted molar refractivity (Wildman–Crippen MR) is 77.7 cm³/mol. The number of rotatable bonds is 6. The van der Waals surface area contributed by atoms with Gasteiger partial charge in [-0.2, -0.15) is 0 Å². The van der Waals surface area contributed by atoms with E-state index in [2.05, 4.69) is 12.6 Å². The Labute approximate surface area is 118 Å². The van der Waals surface area contributed by atoms with Crippen molar-refractivity contribution < 1.29 is 9.53 Å². The van der Waals surface area contributed by atoms with Gasteiger partial charge in [-0.25, -0.2) is 0 Å². The molecule has 0 aromatic heterocycles. The summed E-state index contributed by atoms with van der Waals surface area (Å²) in [5.74, 6) is -0.268. The van der Waals surface area contributed by atoms with E-state index in [9.17, 15) is 4.79 Å². The van der Waals surface area contributed by atoms with Crippen molar-refractivity contribution in [3.63, 3.8) is 0 Å². The molecule has 19 heavy (non-hydrogen) atoms. The highest BCUT2D eigenvalue weighted by Gasteiger charge is 2.16. The van der Waals surface area contributed by atoms with Crippen molar-refractivity contribution in [2.24, 2.45) is 11.7 Å². The van der Waals surface area contributed by atoms with Gasteiger partial charge in [0, 0.05) is 10.2 Å². The van der Waals surface area contributed by atoms with Crippen LogP contribution in [0.3, 0.4) is 0 Å². The SMILES string of the molecule is C=CCC(CCN)C(=O)OCC.Clc1cc2ccc1=2. The van der Waals surface area contributed by atoms with Crippen molar-refractivity contribution in [1.82, 2.24) is 0 Å². The molecule has 1 unspecified atom stereocenters. The van der Waals surface area contributed by atoms with Crippen LogP contribution in [0, 0.1) is 16.4 Å². The zero-order chi connectivity index (χ0) is 14.3. The average Bonchev–Trinajstić information content (AvgIpc) is 2.36. The van der Waals surface area contributed by atoms with Crippen molar-refractivity contribution in [2.45, 2.75) is 19.8 Å². The topological polar surface area (TPSA) is 52.3 Å². The minimum Gasteiger partial charge on any atom is -0.466 e. The Balaban J connectivity index is 0.000000213. The Hall–Kier alpha value is -1.32. The van der Waals surface area contributed by atoms with Crippen LogP contribution in [0.25, 0.3) is 0 Å². The van der Waals surface area contributed by atoms with E-state index in [1.807, 2.05) is 12.1 Å². The van der Waals surface area contributed by atoms with Crippen molar-refractivity contribution in [1.29, 1.82) is 0 Å². The number of hydrogen-bond donors (Lipinski definition) is 1. The largest absolute Gasteiger partial charge is 0.466 e. The second kappa shape index (κ2) is 7.97. The lowest BCUT2D eigenvalue weighted by atomic mass is 10.0. The molecule has 2 aliphatic rings. The van der Waals surface area contributed by atoms with Gasteiger partial charge in [-0.3, -0.25) is 4.79 Å². The lowest BCUT2D eigenvalue weighted by molar-refractivity contribution is -0.148. The molecule has 0 heterocycles. The summed E-state index contributed by atoms with van der Waals surface area (Å²) in [6.45, 7) is 6.31.